The number of rotatable bonds is 5. The van der Waals surface area contributed by atoms with E-state index in [0.29, 0.717) is 10.6 Å². The minimum absolute atomic E-state index is 0.0545. The second-order valence-electron chi connectivity index (χ2n) is 7.78. The zero-order chi connectivity index (χ0) is 22.8. The first-order valence-corrected chi connectivity index (χ1v) is 10.4. The van der Waals surface area contributed by atoms with E-state index < -0.39 is 17.7 Å². The van der Waals surface area contributed by atoms with Crippen LogP contribution in [0.5, 0.6) is 0 Å². The van der Waals surface area contributed by atoms with Crippen LogP contribution in [0.15, 0.2) is 78.6 Å². The van der Waals surface area contributed by atoms with Gasteiger partial charge in [0.15, 0.2) is 0 Å². The molecular weight excluding hydrogens is 426 g/mol. The summed E-state index contributed by atoms with van der Waals surface area (Å²) in [5.74, 6) is -1.61. The highest BCUT2D eigenvalue weighted by molar-refractivity contribution is 6.46. The summed E-state index contributed by atoms with van der Waals surface area (Å²) in [6.45, 7) is 0.190. The molecule has 1 fully saturated rings. The first-order chi connectivity index (χ1) is 15.4. The maximum atomic E-state index is 13.1. The molecule has 1 amide bonds. The SMILES string of the molecule is CN(C)c1ccc(C2/C(=C(\O)c3ccc(Cl)cc3)C(=O)C(=O)N2Cc2cccnc2)cc1. The lowest BCUT2D eigenvalue weighted by atomic mass is 9.95. The van der Waals surface area contributed by atoms with Gasteiger partial charge < -0.3 is 14.9 Å². The van der Waals surface area contributed by atoms with Gasteiger partial charge in [0.05, 0.1) is 11.6 Å². The molecule has 7 heteroatoms. The van der Waals surface area contributed by atoms with Crippen molar-refractivity contribution in [3.05, 3.63) is 100 Å². The number of hydrogen-bond donors (Lipinski definition) is 1. The highest BCUT2D eigenvalue weighted by Gasteiger charge is 2.46. The van der Waals surface area contributed by atoms with Gasteiger partial charge in [-0.1, -0.05) is 29.8 Å². The van der Waals surface area contributed by atoms with Crippen molar-refractivity contribution in [1.82, 2.24) is 9.88 Å². The fourth-order valence-corrected chi connectivity index (χ4v) is 3.92. The van der Waals surface area contributed by atoms with Crippen LogP contribution >= 0.6 is 11.6 Å². The van der Waals surface area contributed by atoms with Crippen molar-refractivity contribution in [1.29, 1.82) is 0 Å². The third-order valence-electron chi connectivity index (χ3n) is 5.46. The highest BCUT2D eigenvalue weighted by atomic mass is 35.5. The molecule has 0 spiro atoms. The van der Waals surface area contributed by atoms with Crippen LogP contribution in [-0.4, -0.2) is 40.8 Å². The monoisotopic (exact) mass is 447 g/mol. The van der Waals surface area contributed by atoms with Gasteiger partial charge in [-0.25, -0.2) is 0 Å². The lowest BCUT2D eigenvalue weighted by Crippen LogP contribution is -2.29. The average Bonchev–Trinajstić information content (AvgIpc) is 3.05. The summed E-state index contributed by atoms with van der Waals surface area (Å²) < 4.78 is 0. The average molecular weight is 448 g/mol. The van der Waals surface area contributed by atoms with E-state index in [0.717, 1.165) is 16.8 Å². The number of amides is 1. The number of aromatic nitrogens is 1. The van der Waals surface area contributed by atoms with Crippen LogP contribution in [-0.2, 0) is 16.1 Å². The number of likely N-dealkylation sites (tertiary alicyclic amines) is 1. The number of nitrogens with zero attached hydrogens (tertiary/aromatic N) is 3. The standard InChI is InChI=1S/C25H22ClN3O3/c1-28(2)20-11-7-17(8-12-20)22-21(23(30)18-5-9-19(26)10-6-18)24(31)25(32)29(22)15-16-4-3-13-27-14-16/h3-14,22,30H,15H2,1-2H3/b23-21+. The number of pyridine rings is 1. The Kier molecular flexibility index (Phi) is 5.97. The predicted octanol–water partition coefficient (Wildman–Crippen LogP) is 4.42. The van der Waals surface area contributed by atoms with E-state index in [-0.39, 0.29) is 17.9 Å². The molecule has 32 heavy (non-hydrogen) atoms. The zero-order valence-corrected chi connectivity index (χ0v) is 18.5. The fraction of sp³-hybridized carbons (Fsp3) is 0.160. The van der Waals surface area contributed by atoms with E-state index >= 15 is 0 Å². The Balaban J connectivity index is 1.84. The Labute approximate surface area is 191 Å². The predicted molar refractivity (Wildman–Crippen MR) is 124 cm³/mol. The van der Waals surface area contributed by atoms with Crippen molar-refractivity contribution in [2.24, 2.45) is 0 Å². The second-order valence-corrected chi connectivity index (χ2v) is 8.22. The Morgan fingerprint density at radius 2 is 1.75 bits per heavy atom. The maximum absolute atomic E-state index is 13.1. The quantitative estimate of drug-likeness (QED) is 0.356. The largest absolute Gasteiger partial charge is 0.507 e. The van der Waals surface area contributed by atoms with E-state index in [9.17, 15) is 14.7 Å². The Hall–Kier alpha value is -3.64. The molecule has 0 saturated carbocycles. The van der Waals surface area contributed by atoms with Crippen molar-refractivity contribution in [3.63, 3.8) is 0 Å². The van der Waals surface area contributed by atoms with Gasteiger partial charge >= 0.3 is 0 Å². The summed E-state index contributed by atoms with van der Waals surface area (Å²) in [7, 11) is 3.87. The molecule has 1 saturated heterocycles. The lowest BCUT2D eigenvalue weighted by Gasteiger charge is -2.26. The van der Waals surface area contributed by atoms with Gasteiger partial charge in [-0.15, -0.1) is 0 Å². The summed E-state index contributed by atoms with van der Waals surface area (Å²) in [6.07, 6.45) is 3.31. The van der Waals surface area contributed by atoms with Gasteiger partial charge in [0, 0.05) is 49.3 Å². The molecule has 1 N–H and O–H groups in total. The normalized spacial score (nSPS) is 17.6. The number of aliphatic hydroxyl groups excluding tert-OH is 1. The molecule has 2 heterocycles. The van der Waals surface area contributed by atoms with Crippen LogP contribution in [0.1, 0.15) is 22.7 Å². The topological polar surface area (TPSA) is 73.7 Å². The number of carbonyl (C=O) groups is 2. The number of ketones is 1. The third-order valence-corrected chi connectivity index (χ3v) is 5.71. The van der Waals surface area contributed by atoms with Gasteiger partial charge in [0.1, 0.15) is 5.76 Å². The van der Waals surface area contributed by atoms with Crippen molar-refractivity contribution in [2.75, 3.05) is 19.0 Å². The van der Waals surface area contributed by atoms with Crippen LogP contribution in [0.2, 0.25) is 5.02 Å². The molecule has 6 nitrogen and oxygen atoms in total. The molecule has 1 atom stereocenters. The van der Waals surface area contributed by atoms with Crippen molar-refractivity contribution >= 4 is 34.7 Å². The highest BCUT2D eigenvalue weighted by Crippen LogP contribution is 2.40. The molecular formula is C25H22ClN3O3. The Morgan fingerprint density at radius 1 is 1.06 bits per heavy atom. The number of benzene rings is 2. The number of anilines is 1. The van der Waals surface area contributed by atoms with E-state index in [1.807, 2.05) is 49.3 Å². The number of carbonyl (C=O) groups excluding carboxylic acids is 2. The summed E-state index contributed by atoms with van der Waals surface area (Å²) in [5, 5.41) is 11.6. The molecule has 2 aromatic carbocycles. The molecule has 0 aliphatic carbocycles. The van der Waals surface area contributed by atoms with Crippen molar-refractivity contribution in [2.45, 2.75) is 12.6 Å². The molecule has 0 bridgehead atoms. The summed E-state index contributed by atoms with van der Waals surface area (Å²) >= 11 is 5.97. The minimum Gasteiger partial charge on any atom is -0.507 e. The van der Waals surface area contributed by atoms with Crippen LogP contribution in [0, 0.1) is 0 Å². The summed E-state index contributed by atoms with van der Waals surface area (Å²) in [5.41, 5.74) is 2.98. The minimum atomic E-state index is -0.734. The first kappa shape index (κ1) is 21.6. The van der Waals surface area contributed by atoms with E-state index in [1.165, 1.54) is 4.90 Å². The summed E-state index contributed by atoms with van der Waals surface area (Å²) in [4.78, 5) is 33.7. The molecule has 1 aromatic heterocycles. The van der Waals surface area contributed by atoms with Gasteiger partial charge in [-0.2, -0.15) is 0 Å². The second kappa shape index (κ2) is 8.85. The third kappa shape index (κ3) is 4.09. The Morgan fingerprint density at radius 3 is 2.34 bits per heavy atom. The first-order valence-electron chi connectivity index (χ1n) is 10.1. The number of halogens is 1. The van der Waals surface area contributed by atoms with Gasteiger partial charge in [-0.3, -0.25) is 14.6 Å². The van der Waals surface area contributed by atoms with E-state index in [1.54, 1.807) is 42.7 Å². The smallest absolute Gasteiger partial charge is 0.295 e. The van der Waals surface area contributed by atoms with Crippen molar-refractivity contribution in [3.8, 4) is 0 Å². The number of aliphatic hydroxyl groups is 1. The van der Waals surface area contributed by atoms with Gasteiger partial charge in [-0.05, 0) is 53.6 Å². The molecule has 1 unspecified atom stereocenters. The molecule has 4 rings (SSSR count). The van der Waals surface area contributed by atoms with E-state index in [4.69, 9.17) is 11.6 Å². The van der Waals surface area contributed by atoms with Crippen LogP contribution < -0.4 is 4.90 Å². The number of Topliss-reactive ketones (excluding diaryl/α,β-unsaturated/α-hetero) is 1. The molecule has 3 aromatic rings. The van der Waals surface area contributed by atoms with Gasteiger partial charge in [0.25, 0.3) is 11.7 Å². The molecule has 1 aliphatic heterocycles. The van der Waals surface area contributed by atoms with Crippen LogP contribution in [0.3, 0.4) is 0 Å². The summed E-state index contributed by atoms with van der Waals surface area (Å²) in [6, 6.07) is 17.0. The van der Waals surface area contributed by atoms with Gasteiger partial charge in [0.2, 0.25) is 0 Å². The van der Waals surface area contributed by atoms with Crippen LogP contribution in [0.25, 0.3) is 5.76 Å². The zero-order valence-electron chi connectivity index (χ0n) is 17.7. The Bertz CT molecular complexity index is 1170. The molecule has 0 radical (unpaired) electrons. The fourth-order valence-electron chi connectivity index (χ4n) is 3.80. The number of hydrogen-bond acceptors (Lipinski definition) is 5. The maximum Gasteiger partial charge on any atom is 0.295 e. The molecule has 1 aliphatic rings. The van der Waals surface area contributed by atoms with Crippen molar-refractivity contribution < 1.29 is 14.7 Å². The van der Waals surface area contributed by atoms with E-state index in [2.05, 4.69) is 4.98 Å². The molecule has 162 valence electrons. The van der Waals surface area contributed by atoms with Crippen LogP contribution in [0.4, 0.5) is 5.69 Å². The lowest BCUT2D eigenvalue weighted by molar-refractivity contribution is -0.140.